The number of rotatable bonds is 4. The molecule has 1 aromatic heterocycles. The Kier molecular flexibility index (Phi) is 6.11. The average molecular weight is 400 g/mol. The van der Waals surface area contributed by atoms with Gasteiger partial charge in [0.1, 0.15) is 11.9 Å². The SMILES string of the molecule is CCc1nc(-c2ccc(N3CCCCC3C(=O)N3CCCCCC3)c(F)c2)no1. The number of amides is 1. The van der Waals surface area contributed by atoms with Gasteiger partial charge in [0.2, 0.25) is 17.6 Å². The summed E-state index contributed by atoms with van der Waals surface area (Å²) in [4.78, 5) is 21.5. The number of hydrogen-bond donors (Lipinski definition) is 0. The number of benzene rings is 1. The molecule has 0 radical (unpaired) electrons. The van der Waals surface area contributed by atoms with E-state index in [4.69, 9.17) is 4.52 Å². The van der Waals surface area contributed by atoms with Crippen molar-refractivity contribution in [2.45, 2.75) is 64.3 Å². The fourth-order valence-electron chi connectivity index (χ4n) is 4.37. The monoisotopic (exact) mass is 400 g/mol. The molecule has 7 heteroatoms. The largest absolute Gasteiger partial charge is 0.357 e. The Morgan fingerprint density at radius 1 is 1.14 bits per heavy atom. The summed E-state index contributed by atoms with van der Waals surface area (Å²) in [5.74, 6) is 0.730. The topological polar surface area (TPSA) is 62.5 Å². The Hall–Kier alpha value is -2.44. The lowest BCUT2D eigenvalue weighted by molar-refractivity contribution is -0.133. The maximum absolute atomic E-state index is 15.1. The van der Waals surface area contributed by atoms with E-state index in [0.717, 1.165) is 45.2 Å². The first-order valence-electron chi connectivity index (χ1n) is 10.9. The molecule has 156 valence electrons. The van der Waals surface area contributed by atoms with Crippen LogP contribution in [0.4, 0.5) is 10.1 Å². The van der Waals surface area contributed by atoms with Crippen LogP contribution in [0.2, 0.25) is 0 Å². The summed E-state index contributed by atoms with van der Waals surface area (Å²) in [5.41, 5.74) is 1.07. The van der Waals surface area contributed by atoms with Crippen molar-refractivity contribution in [1.29, 1.82) is 0 Å². The van der Waals surface area contributed by atoms with E-state index in [1.165, 1.54) is 18.9 Å². The molecule has 0 aliphatic carbocycles. The second-order valence-corrected chi connectivity index (χ2v) is 7.98. The molecule has 2 saturated heterocycles. The van der Waals surface area contributed by atoms with Gasteiger partial charge in [0.15, 0.2) is 0 Å². The number of aromatic nitrogens is 2. The van der Waals surface area contributed by atoms with Gasteiger partial charge in [-0.1, -0.05) is 24.9 Å². The van der Waals surface area contributed by atoms with E-state index < -0.39 is 0 Å². The van der Waals surface area contributed by atoms with Crippen LogP contribution in [0.3, 0.4) is 0 Å². The number of aryl methyl sites for hydroxylation is 1. The van der Waals surface area contributed by atoms with Crippen LogP contribution in [0, 0.1) is 5.82 Å². The highest BCUT2D eigenvalue weighted by Crippen LogP contribution is 2.31. The minimum atomic E-state index is -0.346. The first-order chi connectivity index (χ1) is 14.2. The minimum absolute atomic E-state index is 0.154. The van der Waals surface area contributed by atoms with Crippen LogP contribution in [0.15, 0.2) is 22.7 Å². The molecule has 0 spiro atoms. The maximum atomic E-state index is 15.1. The number of nitrogens with zero attached hydrogens (tertiary/aromatic N) is 4. The minimum Gasteiger partial charge on any atom is -0.357 e. The molecule has 3 heterocycles. The van der Waals surface area contributed by atoms with Crippen LogP contribution >= 0.6 is 0 Å². The van der Waals surface area contributed by atoms with Crippen molar-refractivity contribution in [1.82, 2.24) is 15.0 Å². The Labute approximate surface area is 171 Å². The van der Waals surface area contributed by atoms with Crippen LogP contribution in [0.25, 0.3) is 11.4 Å². The summed E-state index contributed by atoms with van der Waals surface area (Å²) in [5, 5.41) is 3.93. The Morgan fingerprint density at radius 3 is 2.59 bits per heavy atom. The van der Waals surface area contributed by atoms with Gasteiger partial charge in [0.05, 0.1) is 5.69 Å². The highest BCUT2D eigenvalue weighted by Gasteiger charge is 2.33. The summed E-state index contributed by atoms with van der Waals surface area (Å²) < 4.78 is 20.2. The number of carbonyl (C=O) groups excluding carboxylic acids is 1. The molecular weight excluding hydrogens is 371 g/mol. The van der Waals surface area contributed by atoms with Gasteiger partial charge in [-0.05, 0) is 50.3 Å². The van der Waals surface area contributed by atoms with E-state index in [0.29, 0.717) is 35.9 Å². The molecule has 29 heavy (non-hydrogen) atoms. The predicted octanol–water partition coefficient (Wildman–Crippen LogP) is 4.20. The molecule has 2 aliphatic heterocycles. The van der Waals surface area contributed by atoms with Gasteiger partial charge in [-0.25, -0.2) is 4.39 Å². The van der Waals surface area contributed by atoms with Gasteiger partial charge >= 0.3 is 0 Å². The third kappa shape index (κ3) is 4.28. The fraction of sp³-hybridized carbons (Fsp3) is 0.591. The lowest BCUT2D eigenvalue weighted by Crippen LogP contribution is -2.51. The first kappa shape index (κ1) is 19.9. The van der Waals surface area contributed by atoms with Crippen molar-refractivity contribution in [3.63, 3.8) is 0 Å². The second kappa shape index (κ2) is 8.93. The van der Waals surface area contributed by atoms with E-state index in [1.54, 1.807) is 6.07 Å². The number of piperidine rings is 1. The molecule has 2 aromatic rings. The van der Waals surface area contributed by atoms with Crippen LogP contribution in [0.1, 0.15) is 57.8 Å². The van der Waals surface area contributed by atoms with E-state index in [1.807, 2.05) is 22.8 Å². The number of halogens is 1. The predicted molar refractivity (Wildman–Crippen MR) is 109 cm³/mol. The van der Waals surface area contributed by atoms with Gasteiger partial charge in [-0.2, -0.15) is 4.98 Å². The third-order valence-corrected chi connectivity index (χ3v) is 5.99. The fourth-order valence-corrected chi connectivity index (χ4v) is 4.37. The summed E-state index contributed by atoms with van der Waals surface area (Å²) in [6.45, 7) is 4.27. The molecule has 2 fully saturated rings. The van der Waals surface area contributed by atoms with E-state index >= 15 is 4.39 Å². The smallest absolute Gasteiger partial charge is 0.245 e. The molecule has 0 N–H and O–H groups in total. The quantitative estimate of drug-likeness (QED) is 0.770. The zero-order chi connectivity index (χ0) is 20.2. The molecule has 1 amide bonds. The number of anilines is 1. The second-order valence-electron chi connectivity index (χ2n) is 7.98. The number of carbonyl (C=O) groups is 1. The highest BCUT2D eigenvalue weighted by atomic mass is 19.1. The van der Waals surface area contributed by atoms with Crippen molar-refractivity contribution in [2.24, 2.45) is 0 Å². The highest BCUT2D eigenvalue weighted by molar-refractivity contribution is 5.86. The Bertz CT molecular complexity index is 845. The summed E-state index contributed by atoms with van der Waals surface area (Å²) >= 11 is 0. The van der Waals surface area contributed by atoms with Gasteiger partial charge in [-0.15, -0.1) is 0 Å². The Balaban J connectivity index is 1.56. The van der Waals surface area contributed by atoms with Crippen LogP contribution in [-0.4, -0.2) is 46.6 Å². The molecule has 4 rings (SSSR count). The average Bonchev–Trinajstić information content (AvgIpc) is 3.07. The summed E-state index contributed by atoms with van der Waals surface area (Å²) in [6.07, 6.45) is 7.88. The molecule has 1 unspecified atom stereocenters. The number of hydrogen-bond acceptors (Lipinski definition) is 5. The van der Waals surface area contributed by atoms with Crippen molar-refractivity contribution in [3.8, 4) is 11.4 Å². The molecule has 0 saturated carbocycles. The molecule has 0 bridgehead atoms. The van der Waals surface area contributed by atoms with Gasteiger partial charge in [0, 0.05) is 31.6 Å². The van der Waals surface area contributed by atoms with Crippen molar-refractivity contribution in [3.05, 3.63) is 29.9 Å². The summed E-state index contributed by atoms with van der Waals surface area (Å²) in [7, 11) is 0. The standard InChI is InChI=1S/C22H29FN4O2/c1-2-20-24-21(25-29-20)16-10-11-18(17(23)15-16)27-14-8-5-9-19(27)22(28)26-12-6-3-4-7-13-26/h10-11,15,19H,2-9,12-14H2,1H3. The molecule has 1 atom stereocenters. The number of likely N-dealkylation sites (tertiary alicyclic amines) is 1. The molecule has 2 aliphatic rings. The van der Waals surface area contributed by atoms with E-state index in [-0.39, 0.29) is 17.8 Å². The van der Waals surface area contributed by atoms with E-state index in [2.05, 4.69) is 10.1 Å². The molecular formula is C22H29FN4O2. The third-order valence-electron chi connectivity index (χ3n) is 5.99. The molecule has 6 nitrogen and oxygen atoms in total. The van der Waals surface area contributed by atoms with Crippen LogP contribution in [-0.2, 0) is 11.2 Å². The van der Waals surface area contributed by atoms with Crippen molar-refractivity contribution in [2.75, 3.05) is 24.5 Å². The van der Waals surface area contributed by atoms with Crippen LogP contribution < -0.4 is 4.90 Å². The van der Waals surface area contributed by atoms with Gasteiger partial charge in [-0.3, -0.25) is 4.79 Å². The zero-order valence-corrected chi connectivity index (χ0v) is 17.1. The lowest BCUT2D eigenvalue weighted by atomic mass is 9.99. The first-order valence-corrected chi connectivity index (χ1v) is 10.9. The summed E-state index contributed by atoms with van der Waals surface area (Å²) in [6, 6.07) is 4.73. The van der Waals surface area contributed by atoms with Gasteiger partial charge < -0.3 is 14.3 Å². The van der Waals surface area contributed by atoms with Crippen LogP contribution in [0.5, 0.6) is 0 Å². The van der Waals surface area contributed by atoms with E-state index in [9.17, 15) is 4.79 Å². The molecule has 1 aromatic carbocycles. The zero-order valence-electron chi connectivity index (χ0n) is 17.1. The van der Waals surface area contributed by atoms with Crippen molar-refractivity contribution >= 4 is 11.6 Å². The maximum Gasteiger partial charge on any atom is 0.245 e. The Morgan fingerprint density at radius 2 is 1.90 bits per heavy atom. The normalized spacial score (nSPS) is 20.6. The van der Waals surface area contributed by atoms with Gasteiger partial charge in [0.25, 0.3) is 0 Å². The van der Waals surface area contributed by atoms with Crippen molar-refractivity contribution < 1.29 is 13.7 Å². The lowest BCUT2D eigenvalue weighted by Gasteiger charge is -2.39.